The number of hydrogen-bond acceptors (Lipinski definition) is 3. The van der Waals surface area contributed by atoms with Gasteiger partial charge in [-0.2, -0.15) is 0 Å². The zero-order chi connectivity index (χ0) is 11.3. The van der Waals surface area contributed by atoms with Crippen molar-refractivity contribution >= 4 is 23.5 Å². The third-order valence-electron chi connectivity index (χ3n) is 1.80. The Labute approximate surface area is 92.5 Å². The number of hydrogen-bond donors (Lipinski definition) is 1. The lowest BCUT2D eigenvalue weighted by molar-refractivity contribution is -0.133. The number of carbonyl (C=O) groups excluding carboxylic acids is 1. The van der Waals surface area contributed by atoms with E-state index in [0.29, 0.717) is 5.56 Å². The number of aryl methyl sites for hydroxylation is 1. The predicted octanol–water partition coefficient (Wildman–Crippen LogP) is 2.00. The van der Waals surface area contributed by atoms with Gasteiger partial charge in [-0.05, 0) is 13.0 Å². The average Bonchev–Trinajstić information content (AvgIpc) is 2.17. The molecule has 80 valence electrons. The van der Waals surface area contributed by atoms with Gasteiger partial charge in [0.1, 0.15) is 0 Å². The van der Waals surface area contributed by atoms with Gasteiger partial charge in [0.25, 0.3) is 0 Å². The molecule has 1 aromatic rings. The molecule has 0 aliphatic rings. The van der Waals surface area contributed by atoms with Crippen molar-refractivity contribution in [3.05, 3.63) is 35.4 Å². The van der Waals surface area contributed by atoms with E-state index < -0.39 is 5.97 Å². The molecule has 0 aliphatic carbocycles. The Bertz CT molecular complexity index is 374. The molecule has 0 atom stereocenters. The van der Waals surface area contributed by atoms with E-state index in [0.717, 1.165) is 17.3 Å². The molecule has 0 saturated carbocycles. The average molecular weight is 224 g/mol. The van der Waals surface area contributed by atoms with Crippen LogP contribution in [0.3, 0.4) is 0 Å². The normalized spacial score (nSPS) is 9.93. The van der Waals surface area contributed by atoms with E-state index in [4.69, 9.17) is 5.11 Å². The number of ketones is 1. The van der Waals surface area contributed by atoms with E-state index in [-0.39, 0.29) is 17.3 Å². The molecule has 0 radical (unpaired) electrons. The number of benzene rings is 1. The second-order valence-electron chi connectivity index (χ2n) is 3.18. The Morgan fingerprint density at radius 3 is 2.67 bits per heavy atom. The summed E-state index contributed by atoms with van der Waals surface area (Å²) in [6.45, 7) is 1.92. The Hall–Kier alpha value is -1.29. The van der Waals surface area contributed by atoms with E-state index in [1.54, 1.807) is 6.07 Å². The van der Waals surface area contributed by atoms with Crippen LogP contribution in [0.25, 0.3) is 0 Å². The van der Waals surface area contributed by atoms with Crippen LogP contribution in [-0.2, 0) is 4.79 Å². The first kappa shape index (κ1) is 11.8. The number of carboxylic acid groups (broad SMARTS) is 1. The lowest BCUT2D eigenvalue weighted by atomic mass is 10.1. The molecule has 0 aromatic heterocycles. The molecule has 0 amide bonds. The summed E-state index contributed by atoms with van der Waals surface area (Å²) in [7, 11) is 0. The molecule has 4 heteroatoms. The van der Waals surface area contributed by atoms with E-state index in [1.807, 2.05) is 25.1 Å². The zero-order valence-corrected chi connectivity index (χ0v) is 9.21. The standard InChI is InChI=1S/C11H12O3S/c1-8-3-2-4-9(5-8)10(12)6-15-7-11(13)14/h2-5H,6-7H2,1H3,(H,13,14). The first-order valence-electron chi connectivity index (χ1n) is 4.49. The van der Waals surface area contributed by atoms with Crippen LogP contribution in [0.5, 0.6) is 0 Å². The minimum Gasteiger partial charge on any atom is -0.481 e. The third kappa shape index (κ3) is 4.16. The molecule has 1 aromatic carbocycles. The van der Waals surface area contributed by atoms with Crippen molar-refractivity contribution in [2.45, 2.75) is 6.92 Å². The highest BCUT2D eigenvalue weighted by Gasteiger charge is 2.06. The molecule has 15 heavy (non-hydrogen) atoms. The highest BCUT2D eigenvalue weighted by Crippen LogP contribution is 2.09. The fraction of sp³-hybridized carbons (Fsp3) is 0.273. The van der Waals surface area contributed by atoms with Gasteiger partial charge in [0.05, 0.1) is 11.5 Å². The number of carboxylic acids is 1. The monoisotopic (exact) mass is 224 g/mol. The molecule has 3 nitrogen and oxygen atoms in total. The van der Waals surface area contributed by atoms with Crippen LogP contribution in [0.2, 0.25) is 0 Å². The number of rotatable bonds is 5. The van der Waals surface area contributed by atoms with Gasteiger partial charge in [-0.3, -0.25) is 9.59 Å². The summed E-state index contributed by atoms with van der Waals surface area (Å²) >= 11 is 1.12. The summed E-state index contributed by atoms with van der Waals surface area (Å²) in [6, 6.07) is 7.30. The Morgan fingerprint density at radius 1 is 1.33 bits per heavy atom. The van der Waals surface area contributed by atoms with Crippen LogP contribution in [0, 0.1) is 6.92 Å². The highest BCUT2D eigenvalue weighted by molar-refractivity contribution is 8.00. The summed E-state index contributed by atoms with van der Waals surface area (Å²) in [5.74, 6) is -0.727. The smallest absolute Gasteiger partial charge is 0.313 e. The van der Waals surface area contributed by atoms with Gasteiger partial charge in [-0.15, -0.1) is 11.8 Å². The summed E-state index contributed by atoms with van der Waals surface area (Å²) in [5, 5.41) is 8.41. The first-order chi connectivity index (χ1) is 7.09. The summed E-state index contributed by atoms with van der Waals surface area (Å²) in [4.78, 5) is 21.8. The molecule has 0 fully saturated rings. The van der Waals surface area contributed by atoms with Crippen LogP contribution in [0.4, 0.5) is 0 Å². The van der Waals surface area contributed by atoms with Gasteiger partial charge in [0, 0.05) is 5.56 Å². The molecule has 0 bridgehead atoms. The van der Waals surface area contributed by atoms with E-state index >= 15 is 0 Å². The van der Waals surface area contributed by atoms with Gasteiger partial charge in [0.2, 0.25) is 0 Å². The fourth-order valence-corrected chi connectivity index (χ4v) is 1.76. The number of aliphatic carboxylic acids is 1. The van der Waals surface area contributed by atoms with Crippen LogP contribution in [0.1, 0.15) is 15.9 Å². The molecule has 0 spiro atoms. The van der Waals surface area contributed by atoms with Crippen molar-refractivity contribution in [1.29, 1.82) is 0 Å². The third-order valence-corrected chi connectivity index (χ3v) is 2.72. The molecule has 1 N–H and O–H groups in total. The van der Waals surface area contributed by atoms with Gasteiger partial charge in [0.15, 0.2) is 5.78 Å². The Balaban J connectivity index is 2.50. The molecule has 0 unspecified atom stereocenters. The molecule has 0 aliphatic heterocycles. The summed E-state index contributed by atoms with van der Waals surface area (Å²) in [5.41, 5.74) is 1.68. The van der Waals surface area contributed by atoms with Crippen LogP contribution >= 0.6 is 11.8 Å². The van der Waals surface area contributed by atoms with Crippen molar-refractivity contribution in [2.75, 3.05) is 11.5 Å². The maximum Gasteiger partial charge on any atom is 0.313 e. The van der Waals surface area contributed by atoms with Gasteiger partial charge in [-0.25, -0.2) is 0 Å². The van der Waals surface area contributed by atoms with Gasteiger partial charge in [-0.1, -0.05) is 23.8 Å². The largest absolute Gasteiger partial charge is 0.481 e. The fourth-order valence-electron chi connectivity index (χ4n) is 1.13. The van der Waals surface area contributed by atoms with Crippen molar-refractivity contribution in [3.8, 4) is 0 Å². The Kier molecular flexibility index (Phi) is 4.37. The highest BCUT2D eigenvalue weighted by atomic mass is 32.2. The van der Waals surface area contributed by atoms with E-state index in [1.165, 1.54) is 0 Å². The predicted molar refractivity (Wildman–Crippen MR) is 60.5 cm³/mol. The second kappa shape index (κ2) is 5.56. The topological polar surface area (TPSA) is 54.4 Å². The molecular weight excluding hydrogens is 212 g/mol. The van der Waals surface area contributed by atoms with E-state index in [2.05, 4.69) is 0 Å². The second-order valence-corrected chi connectivity index (χ2v) is 4.16. The number of thioether (sulfide) groups is 1. The van der Waals surface area contributed by atoms with Crippen molar-refractivity contribution < 1.29 is 14.7 Å². The zero-order valence-electron chi connectivity index (χ0n) is 8.40. The Morgan fingerprint density at radius 2 is 2.07 bits per heavy atom. The summed E-state index contributed by atoms with van der Waals surface area (Å²) < 4.78 is 0. The maximum atomic E-state index is 11.6. The van der Waals surface area contributed by atoms with Crippen LogP contribution in [-0.4, -0.2) is 28.4 Å². The van der Waals surface area contributed by atoms with Crippen molar-refractivity contribution in [1.82, 2.24) is 0 Å². The maximum absolute atomic E-state index is 11.6. The lowest BCUT2D eigenvalue weighted by Crippen LogP contribution is -2.06. The first-order valence-corrected chi connectivity index (χ1v) is 5.64. The SMILES string of the molecule is Cc1cccc(C(=O)CSCC(=O)O)c1. The van der Waals surface area contributed by atoms with Crippen molar-refractivity contribution in [2.24, 2.45) is 0 Å². The number of carbonyl (C=O) groups is 2. The number of Topliss-reactive ketones (excluding diaryl/α,β-unsaturated/α-hetero) is 1. The molecular formula is C11H12O3S. The molecule has 0 saturated heterocycles. The minimum atomic E-state index is -0.892. The van der Waals surface area contributed by atoms with Gasteiger partial charge >= 0.3 is 5.97 Å². The minimum absolute atomic E-state index is 0.0232. The van der Waals surface area contributed by atoms with Gasteiger partial charge < -0.3 is 5.11 Å². The van der Waals surface area contributed by atoms with E-state index in [9.17, 15) is 9.59 Å². The lowest BCUT2D eigenvalue weighted by Gasteiger charge is -2.00. The quantitative estimate of drug-likeness (QED) is 0.777. The molecule has 1 rings (SSSR count). The van der Waals surface area contributed by atoms with Crippen molar-refractivity contribution in [3.63, 3.8) is 0 Å². The van der Waals surface area contributed by atoms with Crippen LogP contribution in [0.15, 0.2) is 24.3 Å². The summed E-state index contributed by atoms with van der Waals surface area (Å²) in [6.07, 6.45) is 0. The molecule has 0 heterocycles. The van der Waals surface area contributed by atoms with Crippen LogP contribution < -0.4 is 0 Å².